The van der Waals surface area contributed by atoms with Crippen LogP contribution in [0.4, 0.5) is 4.79 Å². The highest BCUT2D eigenvalue weighted by molar-refractivity contribution is 7.09. The molecule has 3 aromatic rings. The van der Waals surface area contributed by atoms with Gasteiger partial charge >= 0.3 is 6.03 Å². The van der Waals surface area contributed by atoms with E-state index in [-0.39, 0.29) is 5.92 Å². The molecule has 2 aliphatic rings. The number of barbiturate groups is 1. The Balaban J connectivity index is 1.32. The zero-order chi connectivity index (χ0) is 24.4. The van der Waals surface area contributed by atoms with Gasteiger partial charge in [-0.1, -0.05) is 19.3 Å². The molecule has 9 heteroatoms. The predicted molar refractivity (Wildman–Crippen MR) is 130 cm³/mol. The molecule has 2 fully saturated rings. The smallest absolute Gasteiger partial charge is 0.328 e. The number of carbonyl (C=O) groups excluding carboxylic acids is 3. The van der Waals surface area contributed by atoms with Gasteiger partial charge in [0.05, 0.1) is 10.7 Å². The van der Waals surface area contributed by atoms with Crippen LogP contribution in [-0.4, -0.2) is 28.4 Å². The summed E-state index contributed by atoms with van der Waals surface area (Å²) in [7, 11) is 0. The van der Waals surface area contributed by atoms with Gasteiger partial charge in [-0.05, 0) is 68.3 Å². The summed E-state index contributed by atoms with van der Waals surface area (Å²) in [6.45, 7) is 1.97. The molecule has 0 spiro atoms. The lowest BCUT2D eigenvalue weighted by Gasteiger charge is -2.41. The number of thiazole rings is 1. The molecule has 1 aliphatic carbocycles. The highest BCUT2D eigenvalue weighted by Crippen LogP contribution is 2.38. The fourth-order valence-electron chi connectivity index (χ4n) is 4.67. The van der Waals surface area contributed by atoms with Crippen molar-refractivity contribution in [3.8, 4) is 28.5 Å². The number of imide groups is 2. The fraction of sp³-hybridized carbons (Fsp3) is 0.308. The number of amides is 4. The molecule has 0 radical (unpaired) electrons. The average Bonchev–Trinajstić information content (AvgIpc) is 3.30. The Bertz CT molecular complexity index is 1230. The summed E-state index contributed by atoms with van der Waals surface area (Å²) in [5.41, 5.74) is 0.173. The first-order valence-electron chi connectivity index (χ1n) is 11.6. The number of benzene rings is 2. The Morgan fingerprint density at radius 2 is 1.43 bits per heavy atom. The van der Waals surface area contributed by atoms with Crippen LogP contribution in [0.15, 0.2) is 53.9 Å². The van der Waals surface area contributed by atoms with E-state index in [9.17, 15) is 14.4 Å². The van der Waals surface area contributed by atoms with Crippen molar-refractivity contribution in [2.24, 2.45) is 5.92 Å². The quantitative estimate of drug-likeness (QED) is 0.471. The van der Waals surface area contributed by atoms with Crippen LogP contribution in [0, 0.1) is 12.8 Å². The summed E-state index contributed by atoms with van der Waals surface area (Å²) in [6, 6.07) is 13.6. The highest BCUT2D eigenvalue weighted by atomic mass is 32.1. The molecule has 1 aromatic heterocycles. The van der Waals surface area contributed by atoms with Gasteiger partial charge in [0, 0.05) is 16.9 Å². The molecule has 2 heterocycles. The molecule has 1 aliphatic heterocycles. The number of aromatic nitrogens is 1. The van der Waals surface area contributed by atoms with Gasteiger partial charge in [0.1, 0.15) is 17.2 Å². The van der Waals surface area contributed by atoms with Gasteiger partial charge in [-0.2, -0.15) is 0 Å². The van der Waals surface area contributed by atoms with Gasteiger partial charge in [0.15, 0.2) is 0 Å². The Morgan fingerprint density at radius 3 is 2.00 bits per heavy atom. The van der Waals surface area contributed by atoms with Crippen molar-refractivity contribution in [1.29, 1.82) is 0 Å². The fourth-order valence-corrected chi connectivity index (χ4v) is 5.29. The molecule has 2 aromatic carbocycles. The minimum Gasteiger partial charge on any atom is -0.467 e. The molecule has 0 bridgehead atoms. The van der Waals surface area contributed by atoms with Crippen molar-refractivity contribution in [3.63, 3.8) is 0 Å². The summed E-state index contributed by atoms with van der Waals surface area (Å²) < 4.78 is 12.0. The number of urea groups is 1. The second-order valence-electron chi connectivity index (χ2n) is 8.76. The second kappa shape index (κ2) is 9.50. The molecular weight excluding hydrogens is 466 g/mol. The maximum Gasteiger partial charge on any atom is 0.328 e. The third kappa shape index (κ3) is 4.64. The molecule has 2 N–H and O–H groups in total. The van der Waals surface area contributed by atoms with Crippen LogP contribution in [0.1, 0.15) is 37.1 Å². The van der Waals surface area contributed by atoms with E-state index < -0.39 is 23.4 Å². The summed E-state index contributed by atoms with van der Waals surface area (Å²) in [4.78, 5) is 42.1. The first-order chi connectivity index (χ1) is 16.9. The molecule has 35 heavy (non-hydrogen) atoms. The Hall–Kier alpha value is -3.72. The number of hydrogen-bond acceptors (Lipinski definition) is 7. The lowest BCUT2D eigenvalue weighted by atomic mass is 9.75. The molecule has 8 nitrogen and oxygen atoms in total. The zero-order valence-electron chi connectivity index (χ0n) is 19.2. The van der Waals surface area contributed by atoms with Crippen molar-refractivity contribution < 1.29 is 23.9 Å². The van der Waals surface area contributed by atoms with E-state index in [1.54, 1.807) is 35.6 Å². The monoisotopic (exact) mass is 491 g/mol. The van der Waals surface area contributed by atoms with Gasteiger partial charge < -0.3 is 9.47 Å². The minimum atomic E-state index is -1.78. The maximum atomic E-state index is 12.9. The first kappa shape index (κ1) is 23.0. The lowest BCUT2D eigenvalue weighted by molar-refractivity contribution is -0.158. The molecule has 0 unspecified atom stereocenters. The van der Waals surface area contributed by atoms with E-state index >= 15 is 0 Å². The molecule has 1 saturated heterocycles. The van der Waals surface area contributed by atoms with Crippen LogP contribution >= 0.6 is 11.3 Å². The number of hydrogen-bond donors (Lipinski definition) is 2. The van der Waals surface area contributed by atoms with Gasteiger partial charge in [-0.15, -0.1) is 11.3 Å². The van der Waals surface area contributed by atoms with Gasteiger partial charge in [-0.3, -0.25) is 20.2 Å². The summed E-state index contributed by atoms with van der Waals surface area (Å²) in [5.74, 6) is -0.161. The number of rotatable bonds is 6. The molecule has 5 rings (SSSR count). The van der Waals surface area contributed by atoms with E-state index in [0.717, 1.165) is 35.5 Å². The first-order valence-corrected chi connectivity index (χ1v) is 12.5. The third-order valence-corrected chi connectivity index (χ3v) is 7.19. The molecule has 0 atom stereocenters. The second-order valence-corrected chi connectivity index (χ2v) is 9.82. The van der Waals surface area contributed by atoms with Crippen molar-refractivity contribution >= 4 is 29.2 Å². The van der Waals surface area contributed by atoms with Crippen molar-refractivity contribution in [3.05, 3.63) is 58.9 Å². The van der Waals surface area contributed by atoms with Crippen LogP contribution in [0.5, 0.6) is 17.2 Å². The summed E-state index contributed by atoms with van der Waals surface area (Å²) in [6.07, 6.45) is 4.19. The van der Waals surface area contributed by atoms with Gasteiger partial charge in [0.25, 0.3) is 17.4 Å². The van der Waals surface area contributed by atoms with Crippen LogP contribution < -0.4 is 20.1 Å². The predicted octanol–water partition coefficient (Wildman–Crippen LogP) is 4.97. The zero-order valence-corrected chi connectivity index (χ0v) is 20.0. The minimum absolute atomic E-state index is 0.319. The topological polar surface area (TPSA) is 107 Å². The molecule has 1 saturated carbocycles. The SMILES string of the molecule is Cc1nc(-c2ccc(Oc3ccc(OC4(C5CCCCC5)C(=O)NC(=O)NC4=O)cc3)cc2)cs1. The Kier molecular flexibility index (Phi) is 6.25. The number of nitrogens with zero attached hydrogens (tertiary/aromatic N) is 1. The van der Waals surface area contributed by atoms with Crippen LogP contribution in [0.3, 0.4) is 0 Å². The Morgan fingerprint density at radius 1 is 0.857 bits per heavy atom. The standard InChI is InChI=1S/C26H25N3O5S/c1-16-27-22(15-35-16)17-7-9-19(10-8-17)33-20-11-13-21(14-12-20)34-26(18-5-3-2-4-6-18)23(30)28-25(32)29-24(26)31/h7-15,18H,2-6H2,1H3,(H2,28,29,30,31,32). The lowest BCUT2D eigenvalue weighted by Crippen LogP contribution is -2.72. The Labute approximate surface area is 206 Å². The molecule has 180 valence electrons. The summed E-state index contributed by atoms with van der Waals surface area (Å²) >= 11 is 1.61. The van der Waals surface area contributed by atoms with Gasteiger partial charge in [-0.25, -0.2) is 9.78 Å². The maximum absolute atomic E-state index is 12.9. The third-order valence-electron chi connectivity index (χ3n) is 6.42. The average molecular weight is 492 g/mol. The van der Waals surface area contributed by atoms with Crippen molar-refractivity contribution in [2.75, 3.05) is 0 Å². The van der Waals surface area contributed by atoms with E-state index in [1.165, 1.54) is 0 Å². The van der Waals surface area contributed by atoms with E-state index in [0.29, 0.717) is 30.1 Å². The normalized spacial score (nSPS) is 18.0. The molecular formula is C26H25N3O5S. The molecule has 4 amide bonds. The van der Waals surface area contributed by atoms with Crippen molar-refractivity contribution in [1.82, 2.24) is 15.6 Å². The van der Waals surface area contributed by atoms with Crippen molar-refractivity contribution in [2.45, 2.75) is 44.6 Å². The number of aryl methyl sites for hydroxylation is 1. The van der Waals surface area contributed by atoms with Crippen LogP contribution in [-0.2, 0) is 9.59 Å². The highest BCUT2D eigenvalue weighted by Gasteiger charge is 2.58. The number of carbonyl (C=O) groups is 3. The van der Waals surface area contributed by atoms with E-state index in [4.69, 9.17) is 9.47 Å². The van der Waals surface area contributed by atoms with Crippen LogP contribution in [0.2, 0.25) is 0 Å². The largest absolute Gasteiger partial charge is 0.467 e. The van der Waals surface area contributed by atoms with Crippen LogP contribution in [0.25, 0.3) is 11.3 Å². The number of nitrogens with one attached hydrogen (secondary N) is 2. The van der Waals surface area contributed by atoms with E-state index in [2.05, 4.69) is 15.6 Å². The summed E-state index contributed by atoms with van der Waals surface area (Å²) in [5, 5.41) is 7.47. The van der Waals surface area contributed by atoms with E-state index in [1.807, 2.05) is 36.6 Å². The number of ether oxygens (including phenoxy) is 2. The van der Waals surface area contributed by atoms with Gasteiger partial charge in [0.2, 0.25) is 0 Å².